The monoisotopic (exact) mass is 487 g/mol. The number of amides is 1. The molecule has 0 unspecified atom stereocenters. The van der Waals surface area contributed by atoms with Crippen molar-refractivity contribution < 1.29 is 14.4 Å². The van der Waals surface area contributed by atoms with Gasteiger partial charge in [0, 0.05) is 55.6 Å². The number of fused-ring (bicyclic) bond motifs is 5. The number of nitrogens with one attached hydrogen (secondary N) is 1. The molecule has 1 aliphatic rings. The largest absolute Gasteiger partial charge is 0.307 e. The second-order valence-corrected chi connectivity index (χ2v) is 9.77. The van der Waals surface area contributed by atoms with Crippen molar-refractivity contribution >= 4 is 23.2 Å². The zero-order valence-corrected chi connectivity index (χ0v) is 21.0. The molecule has 3 aromatic rings. The molecule has 0 bridgehead atoms. The van der Waals surface area contributed by atoms with Crippen LogP contribution in [0.1, 0.15) is 70.8 Å². The van der Waals surface area contributed by atoms with E-state index in [0.29, 0.717) is 56.7 Å². The van der Waals surface area contributed by atoms with E-state index in [0.717, 1.165) is 34.5 Å². The molecule has 8 heteroatoms. The fourth-order valence-electron chi connectivity index (χ4n) is 4.53. The lowest BCUT2D eigenvalue weighted by atomic mass is 9.96. The minimum Gasteiger partial charge on any atom is -0.307 e. The van der Waals surface area contributed by atoms with Crippen LogP contribution in [0.4, 0.5) is 5.69 Å². The van der Waals surface area contributed by atoms with Crippen molar-refractivity contribution in [2.24, 2.45) is 5.92 Å². The van der Waals surface area contributed by atoms with E-state index in [9.17, 15) is 14.4 Å². The predicted octanol–water partition coefficient (Wildman–Crippen LogP) is 5.30. The van der Waals surface area contributed by atoms with Crippen molar-refractivity contribution in [3.63, 3.8) is 0 Å². The maximum absolute atomic E-state index is 13.4. The second kappa shape index (κ2) is 11.8. The highest BCUT2D eigenvalue weighted by Crippen LogP contribution is 2.39. The summed E-state index contributed by atoms with van der Waals surface area (Å²) in [7, 11) is 0. The number of nitrogens with zero attached hydrogens (tertiary/aromatic N) is 4. The Morgan fingerprint density at radius 3 is 2.31 bits per heavy atom. The number of Topliss-reactive ketones (excluding diaryl/α,β-unsaturated/α-hetero) is 2. The molecule has 1 amide bonds. The molecule has 4 rings (SSSR count). The van der Waals surface area contributed by atoms with Gasteiger partial charge in [0.2, 0.25) is 5.91 Å². The van der Waals surface area contributed by atoms with Crippen LogP contribution in [0.2, 0.25) is 0 Å². The number of hydrogen-bond donors (Lipinski definition) is 1. The predicted molar refractivity (Wildman–Crippen MR) is 138 cm³/mol. The number of pyridine rings is 1. The van der Waals surface area contributed by atoms with E-state index in [-0.39, 0.29) is 23.9 Å². The molecule has 188 valence electrons. The summed E-state index contributed by atoms with van der Waals surface area (Å²) in [5.41, 5.74) is 4.75. The first-order chi connectivity index (χ1) is 17.4. The molecule has 1 aliphatic heterocycles. The number of carbonyl (C=O) groups excluding carboxylic acids is 3. The summed E-state index contributed by atoms with van der Waals surface area (Å²) in [6, 6.07) is 9.68. The van der Waals surface area contributed by atoms with Crippen LogP contribution in [0, 0.1) is 5.92 Å². The molecule has 0 spiro atoms. The molecule has 1 N–H and O–H groups in total. The highest BCUT2D eigenvalue weighted by molar-refractivity contribution is 6.00. The summed E-state index contributed by atoms with van der Waals surface area (Å²) in [4.78, 5) is 43.7. The number of anilines is 1. The van der Waals surface area contributed by atoms with Gasteiger partial charge in [0.05, 0.1) is 12.2 Å². The summed E-state index contributed by atoms with van der Waals surface area (Å²) in [5, 5.41) is 11.4. The Labute approximate surface area is 211 Å². The summed E-state index contributed by atoms with van der Waals surface area (Å²) >= 11 is 0. The Balaban J connectivity index is 1.38. The Morgan fingerprint density at radius 1 is 0.889 bits per heavy atom. The van der Waals surface area contributed by atoms with Gasteiger partial charge in [-0.1, -0.05) is 38.1 Å². The van der Waals surface area contributed by atoms with Gasteiger partial charge in [-0.3, -0.25) is 19.4 Å². The molecule has 0 radical (unpaired) electrons. The lowest BCUT2D eigenvalue weighted by Crippen LogP contribution is -2.31. The molecule has 0 fully saturated rings. The molecule has 3 heterocycles. The number of ketones is 2. The van der Waals surface area contributed by atoms with Crippen LogP contribution in [0.5, 0.6) is 0 Å². The van der Waals surface area contributed by atoms with Gasteiger partial charge in [-0.15, -0.1) is 0 Å². The van der Waals surface area contributed by atoms with Crippen LogP contribution in [0.25, 0.3) is 22.5 Å². The zero-order valence-electron chi connectivity index (χ0n) is 21.0. The van der Waals surface area contributed by atoms with E-state index in [1.54, 1.807) is 17.3 Å². The summed E-state index contributed by atoms with van der Waals surface area (Å²) in [5.74, 6) is 0.791. The molecule has 36 heavy (non-hydrogen) atoms. The van der Waals surface area contributed by atoms with Crippen molar-refractivity contribution in [2.75, 3.05) is 4.90 Å². The number of aromatic amines is 1. The minimum atomic E-state index is -0.0548. The summed E-state index contributed by atoms with van der Waals surface area (Å²) < 4.78 is 0. The van der Waals surface area contributed by atoms with Crippen LogP contribution in [0.3, 0.4) is 0 Å². The van der Waals surface area contributed by atoms with Gasteiger partial charge in [0.15, 0.2) is 0 Å². The first kappa shape index (κ1) is 25.4. The van der Waals surface area contributed by atoms with E-state index >= 15 is 0 Å². The standard InChI is InChI=1S/C28H33N5O3/c1-19(2)13-14-22(35)9-5-8-21(34)10-6-12-26(36)33-18-20-7-3-4-11-23(20)27-28(31-32-30-27)24-17-29-16-15-25(24)33/h3-4,7,11,15-17,19H,5-6,8-10,12-14,18H2,1-2H3,(H,30,31,32). The second-order valence-electron chi connectivity index (χ2n) is 9.77. The number of H-pyrrole nitrogens is 1. The van der Waals surface area contributed by atoms with E-state index in [4.69, 9.17) is 0 Å². The third kappa shape index (κ3) is 6.11. The SMILES string of the molecule is CC(C)CCC(=O)CCCC(=O)CCCC(=O)N1Cc2ccccc2-c2n[nH]nc2-c2cnccc21. The normalized spacial score (nSPS) is 12.4. The van der Waals surface area contributed by atoms with Crippen molar-refractivity contribution in [1.82, 2.24) is 20.4 Å². The first-order valence-corrected chi connectivity index (χ1v) is 12.7. The molecule has 8 nitrogen and oxygen atoms in total. The lowest BCUT2D eigenvalue weighted by molar-refractivity contribution is -0.120. The molecule has 0 aliphatic carbocycles. The van der Waals surface area contributed by atoms with Gasteiger partial charge >= 0.3 is 0 Å². The third-order valence-corrected chi connectivity index (χ3v) is 6.55. The van der Waals surface area contributed by atoms with Crippen molar-refractivity contribution in [2.45, 2.75) is 71.8 Å². The number of benzene rings is 1. The van der Waals surface area contributed by atoms with Crippen LogP contribution in [0.15, 0.2) is 42.7 Å². The maximum atomic E-state index is 13.4. The third-order valence-electron chi connectivity index (χ3n) is 6.55. The highest BCUT2D eigenvalue weighted by atomic mass is 16.2. The van der Waals surface area contributed by atoms with Crippen LogP contribution < -0.4 is 4.90 Å². The zero-order chi connectivity index (χ0) is 25.5. The molecule has 2 aromatic heterocycles. The van der Waals surface area contributed by atoms with Crippen molar-refractivity contribution in [3.8, 4) is 22.5 Å². The molecule has 0 saturated heterocycles. The van der Waals surface area contributed by atoms with Crippen LogP contribution in [-0.4, -0.2) is 37.9 Å². The summed E-state index contributed by atoms with van der Waals surface area (Å²) in [6.07, 6.45) is 7.37. The van der Waals surface area contributed by atoms with E-state index in [1.807, 2.05) is 30.3 Å². The number of hydrogen-bond acceptors (Lipinski definition) is 6. The number of carbonyl (C=O) groups is 3. The molecular weight excluding hydrogens is 454 g/mol. The van der Waals surface area contributed by atoms with Crippen molar-refractivity contribution in [3.05, 3.63) is 48.3 Å². The van der Waals surface area contributed by atoms with Gasteiger partial charge in [-0.2, -0.15) is 15.4 Å². The van der Waals surface area contributed by atoms with Crippen molar-refractivity contribution in [1.29, 1.82) is 0 Å². The Kier molecular flexibility index (Phi) is 8.36. The molecule has 0 saturated carbocycles. The molecule has 0 atom stereocenters. The summed E-state index contributed by atoms with van der Waals surface area (Å²) in [6.45, 7) is 4.60. The smallest absolute Gasteiger partial charge is 0.227 e. The van der Waals surface area contributed by atoms with E-state index < -0.39 is 0 Å². The Hall–Kier alpha value is -3.68. The lowest BCUT2D eigenvalue weighted by Gasteiger charge is -2.27. The van der Waals surface area contributed by atoms with Gasteiger partial charge in [-0.25, -0.2) is 0 Å². The molecule has 1 aromatic carbocycles. The Bertz CT molecular complexity index is 1230. The van der Waals surface area contributed by atoms with Crippen LogP contribution >= 0.6 is 0 Å². The molecular formula is C28H33N5O3. The topological polar surface area (TPSA) is 109 Å². The minimum absolute atomic E-state index is 0.0548. The highest BCUT2D eigenvalue weighted by Gasteiger charge is 2.27. The van der Waals surface area contributed by atoms with Gasteiger partial charge in [0.25, 0.3) is 0 Å². The number of rotatable bonds is 11. The van der Waals surface area contributed by atoms with Crippen LogP contribution in [-0.2, 0) is 20.9 Å². The average Bonchev–Trinajstić information content (AvgIpc) is 3.34. The van der Waals surface area contributed by atoms with E-state index in [1.165, 1.54) is 0 Å². The average molecular weight is 488 g/mol. The van der Waals surface area contributed by atoms with E-state index in [2.05, 4.69) is 34.2 Å². The fourth-order valence-corrected chi connectivity index (χ4v) is 4.53. The number of aromatic nitrogens is 4. The first-order valence-electron chi connectivity index (χ1n) is 12.7. The Morgan fingerprint density at radius 2 is 1.56 bits per heavy atom. The fraction of sp³-hybridized carbons (Fsp3) is 0.429. The van der Waals surface area contributed by atoms with Gasteiger partial charge in [-0.05, 0) is 36.8 Å². The van der Waals surface area contributed by atoms with Gasteiger partial charge in [0.1, 0.15) is 23.0 Å². The maximum Gasteiger partial charge on any atom is 0.227 e. The van der Waals surface area contributed by atoms with Gasteiger partial charge < -0.3 is 4.90 Å². The quantitative estimate of drug-likeness (QED) is 0.393.